The van der Waals surface area contributed by atoms with E-state index in [4.69, 9.17) is 14.2 Å². The van der Waals surface area contributed by atoms with Crippen LogP contribution < -0.4 is 0 Å². The highest BCUT2D eigenvalue weighted by Crippen LogP contribution is 2.17. The Morgan fingerprint density at radius 1 is 0.269 bits per heavy atom. The van der Waals surface area contributed by atoms with Crippen LogP contribution in [0.1, 0.15) is 335 Å². The predicted molar refractivity (Wildman–Crippen MR) is 339 cm³/mol. The minimum absolute atomic E-state index is 0.0724. The molecule has 0 fully saturated rings. The molecule has 0 spiro atoms. The molecule has 1 atom stereocenters. The first-order valence-corrected chi connectivity index (χ1v) is 33.6. The summed E-state index contributed by atoms with van der Waals surface area (Å²) in [6.45, 7) is 6.56. The highest BCUT2D eigenvalue weighted by molar-refractivity contribution is 5.71. The van der Waals surface area contributed by atoms with Crippen LogP contribution in [0.4, 0.5) is 0 Å². The van der Waals surface area contributed by atoms with Gasteiger partial charge in [-0.25, -0.2) is 0 Å². The van der Waals surface area contributed by atoms with E-state index in [9.17, 15) is 14.4 Å². The Morgan fingerprint density at radius 3 is 0.782 bits per heavy atom. The van der Waals surface area contributed by atoms with Gasteiger partial charge in [-0.05, 0) is 77.0 Å². The fourth-order valence-electron chi connectivity index (χ4n) is 9.66. The van der Waals surface area contributed by atoms with Gasteiger partial charge in [0, 0.05) is 19.3 Å². The van der Waals surface area contributed by atoms with Crippen LogP contribution >= 0.6 is 0 Å². The molecule has 0 amide bonds. The molecule has 0 aliphatic rings. The molecule has 0 aliphatic carbocycles. The van der Waals surface area contributed by atoms with Crippen molar-refractivity contribution in [2.45, 2.75) is 341 Å². The van der Waals surface area contributed by atoms with Crippen molar-refractivity contribution in [3.05, 3.63) is 85.1 Å². The molecule has 0 rings (SSSR count). The summed E-state index contributed by atoms with van der Waals surface area (Å²) in [7, 11) is 0. The summed E-state index contributed by atoms with van der Waals surface area (Å²) in [5.74, 6) is -0.860. The van der Waals surface area contributed by atoms with Gasteiger partial charge in [-0.3, -0.25) is 14.4 Å². The molecule has 0 aromatic carbocycles. The highest BCUT2D eigenvalue weighted by Gasteiger charge is 2.19. The molecule has 0 radical (unpaired) electrons. The third kappa shape index (κ3) is 63.4. The lowest BCUT2D eigenvalue weighted by atomic mass is 10.0. The first-order valence-electron chi connectivity index (χ1n) is 33.6. The van der Waals surface area contributed by atoms with Crippen LogP contribution in [0.25, 0.3) is 0 Å². The number of ether oxygens (including phenoxy) is 3. The molecule has 6 heteroatoms. The Bertz CT molecular complexity index is 1480. The number of carbonyl (C=O) groups is 3. The maximum absolute atomic E-state index is 12.9. The predicted octanol–water partition coefficient (Wildman–Crippen LogP) is 23.1. The van der Waals surface area contributed by atoms with Gasteiger partial charge in [0.25, 0.3) is 0 Å². The average molecular weight is 1090 g/mol. The third-order valence-electron chi connectivity index (χ3n) is 14.7. The summed E-state index contributed by atoms with van der Waals surface area (Å²) >= 11 is 0. The van der Waals surface area contributed by atoms with E-state index < -0.39 is 6.10 Å². The summed E-state index contributed by atoms with van der Waals surface area (Å²) < 4.78 is 16.9. The average Bonchev–Trinajstić information content (AvgIpc) is 3.44. The van der Waals surface area contributed by atoms with Gasteiger partial charge in [-0.15, -0.1) is 0 Å². The maximum atomic E-state index is 12.9. The zero-order chi connectivity index (χ0) is 56.4. The number of hydrogen-bond acceptors (Lipinski definition) is 6. The minimum Gasteiger partial charge on any atom is -0.462 e. The van der Waals surface area contributed by atoms with E-state index in [0.717, 1.165) is 109 Å². The largest absolute Gasteiger partial charge is 0.462 e. The van der Waals surface area contributed by atoms with E-state index in [-0.39, 0.29) is 31.1 Å². The molecular weight excluding hydrogens is 961 g/mol. The van der Waals surface area contributed by atoms with Gasteiger partial charge in [-0.1, -0.05) is 324 Å². The molecule has 0 aromatic rings. The number of carbonyl (C=O) groups excluding carboxylic acids is 3. The Kier molecular flexibility index (Phi) is 63.2. The summed E-state index contributed by atoms with van der Waals surface area (Å²) in [5, 5.41) is 0. The maximum Gasteiger partial charge on any atom is 0.306 e. The van der Waals surface area contributed by atoms with Crippen LogP contribution in [0.2, 0.25) is 0 Å². The van der Waals surface area contributed by atoms with Gasteiger partial charge in [-0.2, -0.15) is 0 Å². The van der Waals surface area contributed by atoms with Crippen molar-refractivity contribution in [2.24, 2.45) is 0 Å². The second-order valence-corrected chi connectivity index (χ2v) is 22.4. The summed E-state index contributed by atoms with van der Waals surface area (Å²) in [4.78, 5) is 38.3. The van der Waals surface area contributed by atoms with Crippen molar-refractivity contribution >= 4 is 17.9 Å². The molecule has 0 saturated heterocycles. The zero-order valence-corrected chi connectivity index (χ0v) is 51.7. The van der Waals surface area contributed by atoms with Crippen molar-refractivity contribution in [1.82, 2.24) is 0 Å². The molecule has 1 unspecified atom stereocenters. The molecule has 0 heterocycles. The van der Waals surface area contributed by atoms with Crippen molar-refractivity contribution in [3.8, 4) is 0 Å². The van der Waals surface area contributed by atoms with E-state index in [1.165, 1.54) is 186 Å². The van der Waals surface area contributed by atoms with E-state index in [2.05, 4.69) is 106 Å². The minimum atomic E-state index is -0.775. The van der Waals surface area contributed by atoms with Crippen molar-refractivity contribution in [1.29, 1.82) is 0 Å². The van der Waals surface area contributed by atoms with Crippen molar-refractivity contribution < 1.29 is 28.6 Å². The summed E-state index contributed by atoms with van der Waals surface area (Å²) in [5.41, 5.74) is 0. The Hall–Kier alpha value is -3.41. The standard InChI is InChI=1S/C72H126O6/c1-4-7-10-13-16-19-22-25-27-29-30-31-32-33-34-35-36-37-38-39-40-41-42-43-45-47-50-53-56-59-62-65-71(74)77-68-69(67-76-70(73)64-61-58-55-52-49-46-24-21-18-15-12-9-6-3)78-72(75)66-63-60-57-54-51-48-44-28-26-23-20-17-14-11-8-5-2/h7,10,16,19,25,27,30-31,33-34,36-37,39-40,69H,4-6,8-9,11-15,17-18,20-24,26,28-29,32,35,38,41-68H2,1-3H3/b10-7-,19-16-,27-25-,31-30-,34-33-,37-36-,40-39-. The van der Waals surface area contributed by atoms with Crippen LogP contribution in [0.15, 0.2) is 85.1 Å². The van der Waals surface area contributed by atoms with Gasteiger partial charge >= 0.3 is 17.9 Å². The normalized spacial score (nSPS) is 12.6. The number of unbranched alkanes of at least 4 members (excludes halogenated alkanes) is 36. The fourth-order valence-corrected chi connectivity index (χ4v) is 9.66. The van der Waals surface area contributed by atoms with Crippen molar-refractivity contribution in [2.75, 3.05) is 13.2 Å². The lowest BCUT2D eigenvalue weighted by molar-refractivity contribution is -0.167. The molecule has 450 valence electrons. The van der Waals surface area contributed by atoms with Gasteiger partial charge < -0.3 is 14.2 Å². The van der Waals surface area contributed by atoms with Gasteiger partial charge in [0.15, 0.2) is 6.10 Å². The second kappa shape index (κ2) is 66.1. The van der Waals surface area contributed by atoms with Crippen LogP contribution in [-0.2, 0) is 28.6 Å². The van der Waals surface area contributed by atoms with Crippen LogP contribution in [0, 0.1) is 0 Å². The summed E-state index contributed by atoms with van der Waals surface area (Å²) in [6.07, 6.45) is 87.4. The highest BCUT2D eigenvalue weighted by atomic mass is 16.6. The quantitative estimate of drug-likeness (QED) is 0.0261. The Morgan fingerprint density at radius 2 is 0.500 bits per heavy atom. The molecule has 0 aliphatic heterocycles. The molecule has 78 heavy (non-hydrogen) atoms. The smallest absolute Gasteiger partial charge is 0.306 e. The first kappa shape index (κ1) is 74.6. The zero-order valence-electron chi connectivity index (χ0n) is 51.7. The van der Waals surface area contributed by atoms with Crippen LogP contribution in [0.3, 0.4) is 0 Å². The third-order valence-corrected chi connectivity index (χ3v) is 14.7. The molecule has 6 nitrogen and oxygen atoms in total. The van der Waals surface area contributed by atoms with E-state index >= 15 is 0 Å². The Balaban J connectivity index is 4.24. The van der Waals surface area contributed by atoms with Crippen molar-refractivity contribution in [3.63, 3.8) is 0 Å². The van der Waals surface area contributed by atoms with E-state index in [0.29, 0.717) is 19.3 Å². The number of esters is 3. The van der Waals surface area contributed by atoms with Gasteiger partial charge in [0.2, 0.25) is 0 Å². The molecular formula is C72H126O6. The molecule has 0 N–H and O–H groups in total. The van der Waals surface area contributed by atoms with Crippen LogP contribution in [-0.4, -0.2) is 37.2 Å². The summed E-state index contributed by atoms with van der Waals surface area (Å²) in [6, 6.07) is 0. The molecule has 0 saturated carbocycles. The van der Waals surface area contributed by atoms with Gasteiger partial charge in [0.05, 0.1) is 0 Å². The van der Waals surface area contributed by atoms with E-state index in [1.807, 2.05) is 0 Å². The topological polar surface area (TPSA) is 78.9 Å². The molecule has 0 bridgehead atoms. The molecule has 0 aromatic heterocycles. The number of rotatable bonds is 61. The van der Waals surface area contributed by atoms with Gasteiger partial charge in [0.1, 0.15) is 13.2 Å². The lowest BCUT2D eigenvalue weighted by Gasteiger charge is -2.18. The fraction of sp³-hybridized carbons (Fsp3) is 0.764. The van der Waals surface area contributed by atoms with Crippen LogP contribution in [0.5, 0.6) is 0 Å². The number of allylic oxidation sites excluding steroid dienone is 14. The lowest BCUT2D eigenvalue weighted by Crippen LogP contribution is -2.30. The number of hydrogen-bond donors (Lipinski definition) is 0. The SMILES string of the molecule is CC/C=C\C/C=C\C/C=C\C/C=C\C/C=C\C/C=C\C/C=C\CCCCCCCCCCCC(=O)OCC(COC(=O)CCCCCCCCCCCCCCC)OC(=O)CCCCCCCCCCCCCCCCCC. The Labute approximate surface area is 484 Å². The second-order valence-electron chi connectivity index (χ2n) is 22.4. The van der Waals surface area contributed by atoms with E-state index in [1.54, 1.807) is 0 Å². The monoisotopic (exact) mass is 1090 g/mol. The first-order chi connectivity index (χ1) is 38.5.